The van der Waals surface area contributed by atoms with Crippen LogP contribution in [-0.2, 0) is 0 Å². The van der Waals surface area contributed by atoms with Gasteiger partial charge in [-0.1, -0.05) is 6.08 Å². The van der Waals surface area contributed by atoms with Crippen LogP contribution in [0.2, 0.25) is 0 Å². The molecular weight excluding hydrogens is 162 g/mol. The number of ether oxygens (including phenoxy) is 1. The maximum atomic E-state index is 5.19. The lowest BCUT2D eigenvalue weighted by Crippen LogP contribution is -1.92. The normalized spacial score (nSPS) is 11.5. The molecule has 1 aromatic heterocycles. The van der Waals surface area contributed by atoms with Crippen molar-refractivity contribution in [3.05, 3.63) is 29.6 Å². The number of aryl methyl sites for hydroxylation is 1. The molecule has 13 heavy (non-hydrogen) atoms. The molecule has 70 valence electrons. The lowest BCUT2D eigenvalue weighted by Gasteiger charge is -2.06. The maximum Gasteiger partial charge on any atom is 0.140 e. The van der Waals surface area contributed by atoms with E-state index in [1.165, 1.54) is 5.57 Å². The zero-order chi connectivity index (χ0) is 9.84. The molecule has 0 aliphatic rings. The Bertz CT molecular complexity index is 329. The summed E-state index contributed by atoms with van der Waals surface area (Å²) < 4.78 is 5.19. The molecule has 0 saturated carbocycles. The quantitative estimate of drug-likeness (QED) is 0.693. The summed E-state index contributed by atoms with van der Waals surface area (Å²) in [6.45, 7) is 6.01. The van der Waals surface area contributed by atoms with Gasteiger partial charge in [0.15, 0.2) is 0 Å². The van der Waals surface area contributed by atoms with Gasteiger partial charge in [-0.15, -0.1) is 0 Å². The number of rotatable bonds is 2. The summed E-state index contributed by atoms with van der Waals surface area (Å²) in [4.78, 5) is 4.25. The number of pyridine rings is 1. The predicted octanol–water partition coefficient (Wildman–Crippen LogP) is 2.82. The fourth-order valence-corrected chi connectivity index (χ4v) is 1.10. The second-order valence-electron chi connectivity index (χ2n) is 2.98. The van der Waals surface area contributed by atoms with Gasteiger partial charge in [-0.25, -0.2) is 0 Å². The van der Waals surface area contributed by atoms with E-state index in [2.05, 4.69) is 18.0 Å². The number of hydrogen-bond acceptors (Lipinski definition) is 2. The van der Waals surface area contributed by atoms with Gasteiger partial charge < -0.3 is 4.74 Å². The van der Waals surface area contributed by atoms with Crippen LogP contribution in [0.15, 0.2) is 18.3 Å². The van der Waals surface area contributed by atoms with Crippen LogP contribution in [0.3, 0.4) is 0 Å². The minimum Gasteiger partial charge on any atom is -0.495 e. The van der Waals surface area contributed by atoms with Gasteiger partial charge in [0.25, 0.3) is 0 Å². The minimum atomic E-state index is 0.846. The van der Waals surface area contributed by atoms with Gasteiger partial charge in [0.05, 0.1) is 12.8 Å². The monoisotopic (exact) mass is 177 g/mol. The molecule has 0 aliphatic carbocycles. The van der Waals surface area contributed by atoms with Crippen LogP contribution in [0.1, 0.15) is 25.1 Å². The number of allylic oxidation sites excluding steroid dienone is 2. The molecule has 1 heterocycles. The summed E-state index contributed by atoms with van der Waals surface area (Å²) in [7, 11) is 1.67. The smallest absolute Gasteiger partial charge is 0.140 e. The Labute approximate surface area is 79.3 Å². The van der Waals surface area contributed by atoms with Crippen molar-refractivity contribution in [3.63, 3.8) is 0 Å². The van der Waals surface area contributed by atoms with Gasteiger partial charge >= 0.3 is 0 Å². The molecule has 0 spiro atoms. The molecule has 0 saturated heterocycles. The molecule has 1 rings (SSSR count). The average Bonchev–Trinajstić information content (AvgIpc) is 2.17. The summed E-state index contributed by atoms with van der Waals surface area (Å²) in [6, 6.07) is 2.01. The molecule has 0 fully saturated rings. The van der Waals surface area contributed by atoms with Crippen LogP contribution in [-0.4, -0.2) is 12.1 Å². The molecule has 0 aromatic carbocycles. The first-order valence-corrected chi connectivity index (χ1v) is 4.33. The van der Waals surface area contributed by atoms with Crippen molar-refractivity contribution < 1.29 is 4.74 Å². The highest BCUT2D eigenvalue weighted by Gasteiger charge is 2.01. The Morgan fingerprint density at radius 3 is 2.77 bits per heavy atom. The molecule has 0 atom stereocenters. The van der Waals surface area contributed by atoms with Crippen molar-refractivity contribution in [3.8, 4) is 5.75 Å². The van der Waals surface area contributed by atoms with Crippen LogP contribution in [0.25, 0.3) is 5.57 Å². The number of aromatic nitrogens is 1. The minimum absolute atomic E-state index is 0.846. The largest absolute Gasteiger partial charge is 0.495 e. The van der Waals surface area contributed by atoms with Gasteiger partial charge in [-0.05, 0) is 38.0 Å². The van der Waals surface area contributed by atoms with E-state index in [1.807, 2.05) is 26.1 Å². The summed E-state index contributed by atoms with van der Waals surface area (Å²) in [5.74, 6) is 0.846. The number of methoxy groups -OCH3 is 1. The first-order chi connectivity index (χ1) is 6.19. The Morgan fingerprint density at radius 2 is 2.23 bits per heavy atom. The molecule has 1 aromatic rings. The van der Waals surface area contributed by atoms with E-state index in [0.717, 1.165) is 17.0 Å². The van der Waals surface area contributed by atoms with Gasteiger partial charge in [-0.2, -0.15) is 0 Å². The summed E-state index contributed by atoms with van der Waals surface area (Å²) in [5, 5.41) is 0. The van der Waals surface area contributed by atoms with E-state index in [9.17, 15) is 0 Å². The fourth-order valence-electron chi connectivity index (χ4n) is 1.10. The van der Waals surface area contributed by atoms with Crippen LogP contribution in [0.4, 0.5) is 0 Å². The summed E-state index contributed by atoms with van der Waals surface area (Å²) in [6.07, 6.45) is 3.93. The van der Waals surface area contributed by atoms with Crippen molar-refractivity contribution in [1.82, 2.24) is 4.98 Å². The average molecular weight is 177 g/mol. The second kappa shape index (κ2) is 4.08. The Balaban J connectivity index is 3.13. The van der Waals surface area contributed by atoms with Crippen molar-refractivity contribution in [1.29, 1.82) is 0 Å². The van der Waals surface area contributed by atoms with Gasteiger partial charge in [0.1, 0.15) is 5.75 Å². The van der Waals surface area contributed by atoms with Crippen molar-refractivity contribution >= 4 is 5.57 Å². The third-order valence-corrected chi connectivity index (χ3v) is 2.15. The first kappa shape index (κ1) is 9.78. The van der Waals surface area contributed by atoms with Crippen LogP contribution >= 0.6 is 0 Å². The van der Waals surface area contributed by atoms with Crippen LogP contribution in [0, 0.1) is 6.92 Å². The Kier molecular flexibility index (Phi) is 3.07. The second-order valence-corrected chi connectivity index (χ2v) is 2.98. The van der Waals surface area contributed by atoms with E-state index in [1.54, 1.807) is 7.11 Å². The first-order valence-electron chi connectivity index (χ1n) is 4.33. The third kappa shape index (κ3) is 2.08. The zero-order valence-corrected chi connectivity index (χ0v) is 8.59. The number of hydrogen-bond donors (Lipinski definition) is 0. The fraction of sp³-hybridized carbons (Fsp3) is 0.364. The van der Waals surface area contributed by atoms with Crippen molar-refractivity contribution in [2.75, 3.05) is 7.11 Å². The molecule has 0 N–H and O–H groups in total. The van der Waals surface area contributed by atoms with E-state index in [-0.39, 0.29) is 0 Å². The zero-order valence-electron chi connectivity index (χ0n) is 8.59. The predicted molar refractivity (Wildman–Crippen MR) is 54.9 cm³/mol. The highest BCUT2D eigenvalue weighted by atomic mass is 16.5. The molecular formula is C11H15NO. The van der Waals surface area contributed by atoms with Crippen LogP contribution in [0.5, 0.6) is 5.75 Å². The highest BCUT2D eigenvalue weighted by Crippen LogP contribution is 2.21. The molecule has 0 radical (unpaired) electrons. The number of nitrogens with zero attached hydrogens (tertiary/aromatic N) is 1. The lowest BCUT2D eigenvalue weighted by atomic mass is 10.1. The van der Waals surface area contributed by atoms with Crippen LogP contribution < -0.4 is 4.74 Å². The molecule has 0 unspecified atom stereocenters. The van der Waals surface area contributed by atoms with Crippen molar-refractivity contribution in [2.24, 2.45) is 0 Å². The third-order valence-electron chi connectivity index (χ3n) is 2.15. The molecule has 2 heteroatoms. The SMILES string of the molecule is C/C=C(\C)c1cnc(C)c(OC)c1. The topological polar surface area (TPSA) is 22.1 Å². The Hall–Kier alpha value is -1.31. The summed E-state index contributed by atoms with van der Waals surface area (Å²) >= 11 is 0. The molecule has 0 bridgehead atoms. The van der Waals surface area contributed by atoms with E-state index >= 15 is 0 Å². The van der Waals surface area contributed by atoms with Crippen molar-refractivity contribution in [2.45, 2.75) is 20.8 Å². The molecule has 0 aliphatic heterocycles. The molecule has 0 amide bonds. The van der Waals surface area contributed by atoms with E-state index < -0.39 is 0 Å². The van der Waals surface area contributed by atoms with E-state index in [0.29, 0.717) is 0 Å². The van der Waals surface area contributed by atoms with Gasteiger partial charge in [-0.3, -0.25) is 4.98 Å². The maximum absolute atomic E-state index is 5.19. The Morgan fingerprint density at radius 1 is 1.54 bits per heavy atom. The lowest BCUT2D eigenvalue weighted by molar-refractivity contribution is 0.409. The summed E-state index contributed by atoms with van der Waals surface area (Å²) in [5.41, 5.74) is 3.26. The van der Waals surface area contributed by atoms with Gasteiger partial charge in [0.2, 0.25) is 0 Å². The van der Waals surface area contributed by atoms with Gasteiger partial charge in [0, 0.05) is 6.20 Å². The van der Waals surface area contributed by atoms with E-state index in [4.69, 9.17) is 4.74 Å². The highest BCUT2D eigenvalue weighted by molar-refractivity contribution is 5.64. The molecule has 2 nitrogen and oxygen atoms in total. The standard InChI is InChI=1S/C11H15NO/c1-5-8(2)10-6-11(13-4)9(3)12-7-10/h5-7H,1-4H3/b8-5+.